The van der Waals surface area contributed by atoms with Crippen LogP contribution >= 0.6 is 0 Å². The number of sulfone groups is 1. The number of nitrogens with one attached hydrogen (secondary N) is 1. The van der Waals surface area contributed by atoms with Crippen LogP contribution in [0.25, 0.3) is 0 Å². The highest BCUT2D eigenvalue weighted by molar-refractivity contribution is 7.92. The molecule has 5 rings (SSSR count). The number of hydrogen-bond acceptors (Lipinski definition) is 8. The molecule has 1 unspecified atom stereocenters. The lowest BCUT2D eigenvalue weighted by molar-refractivity contribution is -0.121. The first kappa shape index (κ1) is 24.4. The van der Waals surface area contributed by atoms with E-state index in [1.807, 2.05) is 0 Å². The Hall–Kier alpha value is -4.25. The number of anilines is 2. The van der Waals surface area contributed by atoms with Gasteiger partial charge in [-0.05, 0) is 42.0 Å². The number of amides is 2. The molecule has 1 N–H and O–H groups in total. The molecule has 192 valence electrons. The third kappa shape index (κ3) is 4.53. The van der Waals surface area contributed by atoms with Crippen LogP contribution in [0.1, 0.15) is 17.2 Å². The molecule has 2 heterocycles. The van der Waals surface area contributed by atoms with E-state index in [2.05, 4.69) is 5.32 Å². The topological polar surface area (TPSA) is 120 Å². The molecule has 0 aliphatic carbocycles. The van der Waals surface area contributed by atoms with Crippen molar-refractivity contribution < 1.29 is 37.0 Å². The lowest BCUT2D eigenvalue weighted by atomic mass is 10.1. The second-order valence-electron chi connectivity index (χ2n) is 8.41. The minimum absolute atomic E-state index is 0.0322. The minimum Gasteiger partial charge on any atom is -0.497 e. The lowest BCUT2D eigenvalue weighted by Gasteiger charge is -2.22. The van der Waals surface area contributed by atoms with Crippen molar-refractivity contribution in [3.8, 4) is 23.0 Å². The Morgan fingerprint density at radius 1 is 1.03 bits per heavy atom. The predicted molar refractivity (Wildman–Crippen MR) is 134 cm³/mol. The van der Waals surface area contributed by atoms with E-state index in [4.69, 9.17) is 18.9 Å². The van der Waals surface area contributed by atoms with Gasteiger partial charge in [0.15, 0.2) is 21.3 Å². The van der Waals surface area contributed by atoms with Crippen molar-refractivity contribution >= 4 is 33.0 Å². The molecular formula is C26H24N2O8S. The Kier molecular flexibility index (Phi) is 6.38. The first-order valence-electron chi connectivity index (χ1n) is 11.4. The summed E-state index contributed by atoms with van der Waals surface area (Å²) in [5, 5.41) is 1.56. The molecule has 2 aliphatic heterocycles. The zero-order chi connectivity index (χ0) is 26.2. The molecule has 0 bridgehead atoms. The van der Waals surface area contributed by atoms with Crippen molar-refractivity contribution in [1.82, 2.24) is 0 Å². The van der Waals surface area contributed by atoms with Crippen LogP contribution in [0.5, 0.6) is 23.0 Å². The summed E-state index contributed by atoms with van der Waals surface area (Å²) in [5.41, 5.74) is 0.900. The summed E-state index contributed by atoms with van der Waals surface area (Å²) in [7, 11) is -1.03. The van der Waals surface area contributed by atoms with E-state index < -0.39 is 33.4 Å². The zero-order valence-electron chi connectivity index (χ0n) is 20.1. The summed E-state index contributed by atoms with van der Waals surface area (Å²) in [4.78, 5) is 27.7. The number of nitrogens with zero attached hydrogens (tertiary/aromatic N) is 1. The zero-order valence-corrected chi connectivity index (χ0v) is 20.9. The van der Waals surface area contributed by atoms with Gasteiger partial charge in [-0.2, -0.15) is 0 Å². The summed E-state index contributed by atoms with van der Waals surface area (Å²) in [5.74, 6) is 0.790. The second-order valence-corrected chi connectivity index (χ2v) is 10.5. The first-order chi connectivity index (χ1) is 17.8. The van der Waals surface area contributed by atoms with Crippen molar-refractivity contribution in [2.45, 2.75) is 16.6 Å². The Morgan fingerprint density at radius 3 is 2.59 bits per heavy atom. The molecule has 2 amide bonds. The molecule has 0 saturated heterocycles. The molecule has 0 fully saturated rings. The average Bonchev–Trinajstić information content (AvgIpc) is 3.35. The summed E-state index contributed by atoms with van der Waals surface area (Å²) < 4.78 is 48.8. The monoisotopic (exact) mass is 524 g/mol. The third-order valence-electron chi connectivity index (χ3n) is 6.25. The number of carbonyl (C=O) groups excluding carboxylic acids is 2. The van der Waals surface area contributed by atoms with Crippen LogP contribution in [-0.2, 0) is 19.4 Å². The predicted octanol–water partition coefficient (Wildman–Crippen LogP) is 3.32. The molecule has 0 radical (unpaired) electrons. The maximum Gasteiger partial charge on any atom is 0.244 e. The highest BCUT2D eigenvalue weighted by Gasteiger charge is 2.40. The lowest BCUT2D eigenvalue weighted by Crippen LogP contribution is -2.38. The van der Waals surface area contributed by atoms with Gasteiger partial charge in [-0.25, -0.2) is 8.42 Å². The highest BCUT2D eigenvalue weighted by Crippen LogP contribution is 2.43. The van der Waals surface area contributed by atoms with Gasteiger partial charge in [0.2, 0.25) is 18.6 Å². The third-order valence-corrected chi connectivity index (χ3v) is 8.40. The van der Waals surface area contributed by atoms with Crippen LogP contribution in [0.3, 0.4) is 0 Å². The van der Waals surface area contributed by atoms with E-state index in [1.165, 1.54) is 31.3 Å². The molecule has 37 heavy (non-hydrogen) atoms. The fourth-order valence-corrected chi connectivity index (χ4v) is 6.33. The molecule has 3 aromatic rings. The second kappa shape index (κ2) is 9.66. The number of hydrogen-bond donors (Lipinski definition) is 1. The number of fused-ring (bicyclic) bond motifs is 2. The van der Waals surface area contributed by atoms with E-state index in [1.54, 1.807) is 48.5 Å². The van der Waals surface area contributed by atoms with Gasteiger partial charge < -0.3 is 29.2 Å². The SMILES string of the molecule is COc1ccc(OC)c(NC(=O)CN2C(=O)CC(c3ccc4c(c3)OCO4)S(=O)(=O)c3ccccc32)c1. The molecule has 0 aromatic heterocycles. The largest absolute Gasteiger partial charge is 0.497 e. The molecular weight excluding hydrogens is 500 g/mol. The fraction of sp³-hybridized carbons (Fsp3) is 0.231. The fourth-order valence-electron chi connectivity index (χ4n) is 4.42. The van der Waals surface area contributed by atoms with E-state index in [-0.39, 0.29) is 23.8 Å². The van der Waals surface area contributed by atoms with E-state index in [9.17, 15) is 18.0 Å². The van der Waals surface area contributed by atoms with Crippen LogP contribution < -0.4 is 29.2 Å². The summed E-state index contributed by atoms with van der Waals surface area (Å²) in [6, 6.07) is 15.9. The summed E-state index contributed by atoms with van der Waals surface area (Å²) in [6.07, 6.45) is -0.355. The van der Waals surface area contributed by atoms with Gasteiger partial charge in [-0.3, -0.25) is 9.59 Å². The van der Waals surface area contributed by atoms with Crippen molar-refractivity contribution in [1.29, 1.82) is 0 Å². The number of carbonyl (C=O) groups is 2. The molecule has 10 nitrogen and oxygen atoms in total. The first-order valence-corrected chi connectivity index (χ1v) is 12.9. The van der Waals surface area contributed by atoms with E-state index in [0.29, 0.717) is 34.2 Å². The maximum absolute atomic E-state index is 13.8. The van der Waals surface area contributed by atoms with Gasteiger partial charge in [-0.1, -0.05) is 18.2 Å². The molecule has 2 aliphatic rings. The Morgan fingerprint density at radius 2 is 1.81 bits per heavy atom. The molecule has 3 aromatic carbocycles. The van der Waals surface area contributed by atoms with Crippen LogP contribution in [0.15, 0.2) is 65.6 Å². The van der Waals surface area contributed by atoms with E-state index >= 15 is 0 Å². The number of benzene rings is 3. The Balaban J connectivity index is 1.48. The van der Waals surface area contributed by atoms with E-state index in [0.717, 1.165) is 0 Å². The van der Waals surface area contributed by atoms with Gasteiger partial charge >= 0.3 is 0 Å². The van der Waals surface area contributed by atoms with Crippen molar-refractivity contribution in [2.75, 3.05) is 37.8 Å². The Bertz CT molecular complexity index is 1490. The number of rotatable bonds is 6. The molecule has 0 saturated carbocycles. The number of ether oxygens (including phenoxy) is 4. The summed E-state index contributed by atoms with van der Waals surface area (Å²) >= 11 is 0. The van der Waals surface area contributed by atoms with Gasteiger partial charge in [0.25, 0.3) is 0 Å². The van der Waals surface area contributed by atoms with Crippen LogP contribution in [0, 0.1) is 0 Å². The normalized spacial score (nSPS) is 17.5. The standard InChI is InChI=1S/C26H24N2O8S/c1-33-17-8-10-20(34-2)18(12-17)27-25(29)14-28-19-5-3-4-6-23(19)37(31,32)24(13-26(28)30)16-7-9-21-22(11-16)36-15-35-21/h3-12,24H,13-15H2,1-2H3,(H,27,29). The average molecular weight is 525 g/mol. The van der Waals surface area contributed by atoms with Crippen LogP contribution in [0.2, 0.25) is 0 Å². The maximum atomic E-state index is 13.8. The van der Waals surface area contributed by atoms with Crippen molar-refractivity contribution in [2.24, 2.45) is 0 Å². The van der Waals surface area contributed by atoms with Gasteiger partial charge in [0.05, 0.1) is 35.7 Å². The smallest absolute Gasteiger partial charge is 0.244 e. The minimum atomic E-state index is -4.00. The molecule has 0 spiro atoms. The number of methoxy groups -OCH3 is 2. The summed E-state index contributed by atoms with van der Waals surface area (Å²) in [6.45, 7) is -0.363. The van der Waals surface area contributed by atoms with Crippen molar-refractivity contribution in [3.05, 3.63) is 66.2 Å². The van der Waals surface area contributed by atoms with Crippen LogP contribution in [0.4, 0.5) is 11.4 Å². The quantitative estimate of drug-likeness (QED) is 0.522. The Labute approximate surface area is 213 Å². The highest BCUT2D eigenvalue weighted by atomic mass is 32.2. The molecule has 1 atom stereocenters. The van der Waals surface area contributed by atoms with Crippen LogP contribution in [-0.4, -0.2) is 47.8 Å². The van der Waals surface area contributed by atoms with Crippen molar-refractivity contribution in [3.63, 3.8) is 0 Å². The van der Waals surface area contributed by atoms with Gasteiger partial charge in [0, 0.05) is 12.5 Å². The number of para-hydroxylation sites is 1. The van der Waals surface area contributed by atoms with Gasteiger partial charge in [-0.15, -0.1) is 0 Å². The molecule has 11 heteroatoms. The van der Waals surface area contributed by atoms with Gasteiger partial charge in [0.1, 0.15) is 18.0 Å².